The molecule has 0 atom stereocenters. The van der Waals surface area contributed by atoms with Crippen LogP contribution in [-0.2, 0) is 0 Å². The largest absolute Gasteiger partial charge is 0.406 e. The molecule has 112 valence electrons. The fraction of sp³-hybridized carbons (Fsp3) is 0.500. The lowest BCUT2D eigenvalue weighted by molar-refractivity contribution is -0.142. The topological polar surface area (TPSA) is 20.3 Å². The Morgan fingerprint density at radius 3 is 2.15 bits per heavy atom. The number of amides is 1. The van der Waals surface area contributed by atoms with Crippen LogP contribution in [0.4, 0.5) is 13.2 Å². The van der Waals surface area contributed by atoms with Gasteiger partial charge < -0.3 is 4.90 Å². The average Bonchev–Trinajstić information content (AvgIpc) is 2.24. The SMILES string of the molecule is CC(C)(C)CN(CC(F)(F)F)C(=O)c1ccccc1Cl. The molecule has 0 aromatic heterocycles. The van der Waals surface area contributed by atoms with Crippen LogP contribution in [0.3, 0.4) is 0 Å². The Balaban J connectivity index is 3.04. The highest BCUT2D eigenvalue weighted by Gasteiger charge is 2.35. The first kappa shape index (κ1) is 16.8. The molecule has 0 saturated heterocycles. The van der Waals surface area contributed by atoms with Gasteiger partial charge in [-0.25, -0.2) is 0 Å². The predicted molar refractivity (Wildman–Crippen MR) is 72.9 cm³/mol. The van der Waals surface area contributed by atoms with Gasteiger partial charge in [0, 0.05) is 6.54 Å². The van der Waals surface area contributed by atoms with Gasteiger partial charge in [0.25, 0.3) is 5.91 Å². The number of carbonyl (C=O) groups is 1. The molecular weight excluding hydrogens is 291 g/mol. The quantitative estimate of drug-likeness (QED) is 0.811. The van der Waals surface area contributed by atoms with Gasteiger partial charge in [-0.2, -0.15) is 13.2 Å². The zero-order valence-electron chi connectivity index (χ0n) is 11.6. The molecule has 1 amide bonds. The Labute approximate surface area is 121 Å². The van der Waals surface area contributed by atoms with E-state index >= 15 is 0 Å². The first-order valence-corrected chi connectivity index (χ1v) is 6.48. The third-order valence-corrected chi connectivity index (χ3v) is 2.76. The summed E-state index contributed by atoms with van der Waals surface area (Å²) < 4.78 is 37.9. The van der Waals surface area contributed by atoms with Crippen molar-refractivity contribution in [1.82, 2.24) is 4.90 Å². The van der Waals surface area contributed by atoms with Crippen molar-refractivity contribution in [2.75, 3.05) is 13.1 Å². The minimum absolute atomic E-state index is 0.00341. The maximum atomic E-state index is 12.6. The van der Waals surface area contributed by atoms with Crippen molar-refractivity contribution in [3.8, 4) is 0 Å². The molecule has 0 radical (unpaired) electrons. The number of carbonyl (C=O) groups excluding carboxylic acids is 1. The Bertz CT molecular complexity index is 464. The van der Waals surface area contributed by atoms with Crippen LogP contribution in [-0.4, -0.2) is 30.1 Å². The lowest BCUT2D eigenvalue weighted by Gasteiger charge is -2.31. The van der Waals surface area contributed by atoms with Crippen molar-refractivity contribution >= 4 is 17.5 Å². The molecule has 1 aromatic rings. The predicted octanol–water partition coefficient (Wildman–Crippen LogP) is 4.39. The van der Waals surface area contributed by atoms with Crippen molar-refractivity contribution in [3.63, 3.8) is 0 Å². The van der Waals surface area contributed by atoms with E-state index in [1.165, 1.54) is 12.1 Å². The Hall–Kier alpha value is -1.23. The summed E-state index contributed by atoms with van der Waals surface area (Å²) in [5.74, 6) is -0.706. The number of halogens is 4. The van der Waals surface area contributed by atoms with E-state index in [9.17, 15) is 18.0 Å². The van der Waals surface area contributed by atoms with Crippen molar-refractivity contribution in [2.45, 2.75) is 26.9 Å². The van der Waals surface area contributed by atoms with Crippen LogP contribution in [0.2, 0.25) is 5.02 Å². The maximum Gasteiger partial charge on any atom is 0.406 e. The molecule has 0 aliphatic carbocycles. The summed E-state index contributed by atoms with van der Waals surface area (Å²) in [6.07, 6.45) is -4.44. The lowest BCUT2D eigenvalue weighted by atomic mass is 9.95. The molecule has 0 unspecified atom stereocenters. The summed E-state index contributed by atoms with van der Waals surface area (Å²) in [6, 6.07) is 6.10. The summed E-state index contributed by atoms with van der Waals surface area (Å²) in [6.45, 7) is 4.04. The molecule has 0 fully saturated rings. The molecule has 1 rings (SSSR count). The van der Waals surface area contributed by atoms with Crippen molar-refractivity contribution in [3.05, 3.63) is 34.9 Å². The molecule has 1 aromatic carbocycles. The van der Waals surface area contributed by atoms with Gasteiger partial charge in [0.05, 0.1) is 10.6 Å². The second-order valence-corrected chi connectivity index (χ2v) is 6.22. The monoisotopic (exact) mass is 307 g/mol. The van der Waals surface area contributed by atoms with E-state index < -0.39 is 24.0 Å². The highest BCUT2D eigenvalue weighted by atomic mass is 35.5. The summed E-state index contributed by atoms with van der Waals surface area (Å²) in [4.78, 5) is 13.1. The van der Waals surface area contributed by atoms with E-state index in [1.807, 2.05) is 0 Å². The number of rotatable bonds is 3. The summed E-state index contributed by atoms with van der Waals surface area (Å²) in [5, 5.41) is 0.151. The first-order chi connectivity index (χ1) is 8.99. The van der Waals surface area contributed by atoms with Gasteiger partial charge in [-0.3, -0.25) is 4.79 Å². The van der Waals surface area contributed by atoms with Crippen molar-refractivity contribution in [1.29, 1.82) is 0 Å². The zero-order valence-corrected chi connectivity index (χ0v) is 12.3. The molecular formula is C14H17ClF3NO. The Kier molecular flexibility index (Phi) is 5.08. The number of nitrogens with zero attached hydrogens (tertiary/aromatic N) is 1. The highest BCUT2D eigenvalue weighted by Crippen LogP contribution is 2.25. The maximum absolute atomic E-state index is 12.6. The number of benzene rings is 1. The van der Waals surface area contributed by atoms with E-state index in [4.69, 9.17) is 11.6 Å². The summed E-state index contributed by atoms with van der Waals surface area (Å²) >= 11 is 5.88. The third-order valence-electron chi connectivity index (χ3n) is 2.43. The standard InChI is InChI=1S/C14H17ClF3NO/c1-13(2,3)8-19(9-14(16,17)18)12(20)10-6-4-5-7-11(10)15/h4-7H,8-9H2,1-3H3. The van der Waals surface area contributed by atoms with Crippen LogP contribution in [0, 0.1) is 5.41 Å². The van der Waals surface area contributed by atoms with Gasteiger partial charge in [0.2, 0.25) is 0 Å². The van der Waals surface area contributed by atoms with Crippen LogP contribution >= 0.6 is 11.6 Å². The second kappa shape index (κ2) is 6.04. The fourth-order valence-corrected chi connectivity index (χ4v) is 2.01. The van der Waals surface area contributed by atoms with Gasteiger partial charge in [0.1, 0.15) is 6.54 Å². The molecule has 0 aliphatic heterocycles. The average molecular weight is 308 g/mol. The normalized spacial score (nSPS) is 12.3. The number of hydrogen-bond acceptors (Lipinski definition) is 1. The highest BCUT2D eigenvalue weighted by molar-refractivity contribution is 6.33. The smallest absolute Gasteiger partial charge is 0.329 e. The number of alkyl halides is 3. The minimum atomic E-state index is -4.44. The van der Waals surface area contributed by atoms with Crippen LogP contribution in [0.5, 0.6) is 0 Å². The molecule has 0 bridgehead atoms. The van der Waals surface area contributed by atoms with Gasteiger partial charge in [-0.05, 0) is 17.5 Å². The zero-order chi connectivity index (χ0) is 15.6. The van der Waals surface area contributed by atoms with Crippen molar-refractivity contribution in [2.24, 2.45) is 5.41 Å². The Morgan fingerprint density at radius 2 is 1.70 bits per heavy atom. The van der Waals surface area contributed by atoms with Gasteiger partial charge in [0.15, 0.2) is 0 Å². The molecule has 0 aliphatic rings. The van der Waals surface area contributed by atoms with Gasteiger partial charge in [-0.1, -0.05) is 44.5 Å². The number of hydrogen-bond donors (Lipinski definition) is 0. The lowest BCUT2D eigenvalue weighted by Crippen LogP contribution is -2.43. The Morgan fingerprint density at radius 1 is 1.15 bits per heavy atom. The molecule has 6 heteroatoms. The van der Waals surface area contributed by atoms with E-state index in [1.54, 1.807) is 32.9 Å². The van der Waals surface area contributed by atoms with Crippen LogP contribution in [0.15, 0.2) is 24.3 Å². The van der Waals surface area contributed by atoms with Crippen molar-refractivity contribution < 1.29 is 18.0 Å². The molecule has 2 nitrogen and oxygen atoms in total. The molecule has 0 heterocycles. The summed E-state index contributed by atoms with van der Waals surface area (Å²) in [7, 11) is 0. The summed E-state index contributed by atoms with van der Waals surface area (Å²) in [5.41, 5.74) is -0.356. The van der Waals surface area contributed by atoms with E-state index in [0.29, 0.717) is 0 Å². The first-order valence-electron chi connectivity index (χ1n) is 6.10. The van der Waals surface area contributed by atoms with E-state index in [0.717, 1.165) is 4.90 Å². The van der Waals surface area contributed by atoms with Crippen LogP contribution in [0.25, 0.3) is 0 Å². The minimum Gasteiger partial charge on any atom is -0.329 e. The van der Waals surface area contributed by atoms with Gasteiger partial charge >= 0.3 is 6.18 Å². The molecule has 0 spiro atoms. The third kappa shape index (κ3) is 5.41. The van der Waals surface area contributed by atoms with E-state index in [2.05, 4.69) is 0 Å². The fourth-order valence-electron chi connectivity index (χ4n) is 1.79. The molecule has 20 heavy (non-hydrogen) atoms. The second-order valence-electron chi connectivity index (χ2n) is 5.82. The van der Waals surface area contributed by atoms with Crippen LogP contribution in [0.1, 0.15) is 31.1 Å². The molecule has 0 N–H and O–H groups in total. The molecule has 0 saturated carbocycles. The van der Waals surface area contributed by atoms with E-state index in [-0.39, 0.29) is 17.1 Å². The van der Waals surface area contributed by atoms with Crippen LogP contribution < -0.4 is 0 Å². The van der Waals surface area contributed by atoms with Gasteiger partial charge in [-0.15, -0.1) is 0 Å².